The SMILES string of the molecule is O=C(OCc1ccn(-c2ccccc2)n1)c1ccccc1SCC1CCCO1. The number of hydrogen-bond donors (Lipinski definition) is 0. The van der Waals surface area contributed by atoms with Crippen LogP contribution in [0.2, 0.25) is 0 Å². The van der Waals surface area contributed by atoms with Crippen LogP contribution >= 0.6 is 11.8 Å². The van der Waals surface area contributed by atoms with E-state index in [2.05, 4.69) is 5.10 Å². The Morgan fingerprint density at radius 2 is 1.96 bits per heavy atom. The summed E-state index contributed by atoms with van der Waals surface area (Å²) in [7, 11) is 0. The highest BCUT2D eigenvalue weighted by molar-refractivity contribution is 7.99. The highest BCUT2D eigenvalue weighted by atomic mass is 32.2. The number of para-hydroxylation sites is 1. The minimum Gasteiger partial charge on any atom is -0.455 e. The Bertz CT molecular complexity index is 920. The summed E-state index contributed by atoms with van der Waals surface area (Å²) in [5.41, 5.74) is 2.27. The van der Waals surface area contributed by atoms with Gasteiger partial charge in [0, 0.05) is 23.5 Å². The Morgan fingerprint density at radius 1 is 1.14 bits per heavy atom. The minimum atomic E-state index is -0.329. The lowest BCUT2D eigenvalue weighted by Crippen LogP contribution is -2.10. The topological polar surface area (TPSA) is 53.4 Å². The highest BCUT2D eigenvalue weighted by Gasteiger charge is 2.18. The Kier molecular flexibility index (Phi) is 6.09. The van der Waals surface area contributed by atoms with Gasteiger partial charge in [-0.1, -0.05) is 30.3 Å². The van der Waals surface area contributed by atoms with Crippen molar-refractivity contribution in [1.29, 1.82) is 0 Å². The summed E-state index contributed by atoms with van der Waals surface area (Å²) in [5.74, 6) is 0.524. The van der Waals surface area contributed by atoms with Crippen LogP contribution in [0.5, 0.6) is 0 Å². The fourth-order valence-corrected chi connectivity index (χ4v) is 4.21. The molecule has 0 aliphatic carbocycles. The molecule has 0 spiro atoms. The van der Waals surface area contributed by atoms with Crippen molar-refractivity contribution in [2.75, 3.05) is 12.4 Å². The molecular weight excluding hydrogens is 372 g/mol. The van der Waals surface area contributed by atoms with Gasteiger partial charge in [0.25, 0.3) is 0 Å². The second-order valence-electron chi connectivity index (χ2n) is 6.61. The summed E-state index contributed by atoms with van der Waals surface area (Å²) in [6, 6.07) is 19.3. The van der Waals surface area contributed by atoms with Crippen LogP contribution in [0, 0.1) is 0 Å². The van der Waals surface area contributed by atoms with Crippen molar-refractivity contribution < 1.29 is 14.3 Å². The van der Waals surface area contributed by atoms with E-state index in [0.29, 0.717) is 11.3 Å². The summed E-state index contributed by atoms with van der Waals surface area (Å²) in [4.78, 5) is 13.5. The monoisotopic (exact) mass is 394 g/mol. The van der Waals surface area contributed by atoms with E-state index in [9.17, 15) is 4.79 Å². The number of benzene rings is 2. The van der Waals surface area contributed by atoms with Crippen molar-refractivity contribution in [3.8, 4) is 5.69 Å². The summed E-state index contributed by atoms with van der Waals surface area (Å²) in [5, 5.41) is 4.47. The molecule has 0 amide bonds. The first-order chi connectivity index (χ1) is 13.8. The lowest BCUT2D eigenvalue weighted by molar-refractivity contribution is 0.0463. The van der Waals surface area contributed by atoms with Crippen molar-refractivity contribution in [3.05, 3.63) is 78.1 Å². The maximum atomic E-state index is 12.6. The van der Waals surface area contributed by atoms with E-state index in [0.717, 1.165) is 35.8 Å². The van der Waals surface area contributed by atoms with Crippen molar-refractivity contribution in [2.24, 2.45) is 0 Å². The van der Waals surface area contributed by atoms with Crippen LogP contribution in [0.4, 0.5) is 0 Å². The molecule has 0 saturated carbocycles. The van der Waals surface area contributed by atoms with E-state index >= 15 is 0 Å². The maximum absolute atomic E-state index is 12.6. The highest BCUT2D eigenvalue weighted by Crippen LogP contribution is 2.27. The predicted molar refractivity (Wildman–Crippen MR) is 109 cm³/mol. The molecule has 1 aliphatic heterocycles. The van der Waals surface area contributed by atoms with Crippen LogP contribution in [-0.4, -0.2) is 34.2 Å². The number of rotatable bonds is 7. The third-order valence-corrected chi connectivity index (χ3v) is 5.78. The average Bonchev–Trinajstić information content (AvgIpc) is 3.43. The number of esters is 1. The van der Waals surface area contributed by atoms with E-state index in [1.807, 2.05) is 66.9 Å². The van der Waals surface area contributed by atoms with Crippen molar-refractivity contribution in [1.82, 2.24) is 9.78 Å². The fraction of sp³-hybridized carbons (Fsp3) is 0.273. The first-order valence-electron chi connectivity index (χ1n) is 9.40. The molecule has 1 fully saturated rings. The number of hydrogen-bond acceptors (Lipinski definition) is 5. The molecule has 1 atom stereocenters. The van der Waals surface area contributed by atoms with Gasteiger partial charge in [-0.15, -0.1) is 11.8 Å². The van der Waals surface area contributed by atoms with Gasteiger partial charge in [-0.05, 0) is 43.2 Å². The minimum absolute atomic E-state index is 0.142. The van der Waals surface area contributed by atoms with Crippen LogP contribution in [0.15, 0.2) is 71.8 Å². The molecular formula is C22H22N2O3S. The van der Waals surface area contributed by atoms with Crippen LogP contribution in [-0.2, 0) is 16.1 Å². The van der Waals surface area contributed by atoms with E-state index in [-0.39, 0.29) is 18.7 Å². The molecule has 3 aromatic rings. The quantitative estimate of drug-likeness (QED) is 0.436. The molecule has 4 rings (SSSR count). The summed E-state index contributed by atoms with van der Waals surface area (Å²) in [6.07, 6.45) is 4.34. The molecule has 1 saturated heterocycles. The molecule has 1 aromatic heterocycles. The zero-order valence-corrected chi connectivity index (χ0v) is 16.3. The summed E-state index contributed by atoms with van der Waals surface area (Å²) in [6.45, 7) is 0.980. The molecule has 0 bridgehead atoms. The standard InChI is InChI=1S/C22H22N2O3S/c25-22(20-10-4-5-11-21(20)28-16-19-9-6-14-26-19)27-15-17-12-13-24(23-17)18-7-2-1-3-8-18/h1-5,7-8,10-13,19H,6,9,14-16H2. The van der Waals surface area contributed by atoms with Gasteiger partial charge in [-0.3, -0.25) is 0 Å². The van der Waals surface area contributed by atoms with E-state index < -0.39 is 0 Å². The fourth-order valence-electron chi connectivity index (χ4n) is 3.10. The zero-order chi connectivity index (χ0) is 19.2. The second-order valence-corrected chi connectivity index (χ2v) is 7.67. The molecule has 6 heteroatoms. The third-order valence-electron chi connectivity index (χ3n) is 4.57. The van der Waals surface area contributed by atoms with Crippen molar-refractivity contribution >= 4 is 17.7 Å². The van der Waals surface area contributed by atoms with Crippen LogP contribution in [0.25, 0.3) is 5.69 Å². The van der Waals surface area contributed by atoms with Crippen LogP contribution in [0.1, 0.15) is 28.9 Å². The third kappa shape index (κ3) is 4.64. The van der Waals surface area contributed by atoms with E-state index in [4.69, 9.17) is 9.47 Å². The predicted octanol–water partition coefficient (Wildman–Crippen LogP) is 4.50. The van der Waals surface area contributed by atoms with Gasteiger partial charge in [0.15, 0.2) is 0 Å². The van der Waals surface area contributed by atoms with Gasteiger partial charge in [0.2, 0.25) is 0 Å². The molecule has 0 N–H and O–H groups in total. The van der Waals surface area contributed by atoms with E-state index in [1.165, 1.54) is 0 Å². The Morgan fingerprint density at radius 3 is 2.79 bits per heavy atom. The van der Waals surface area contributed by atoms with Crippen LogP contribution < -0.4 is 0 Å². The number of carbonyl (C=O) groups is 1. The number of ether oxygens (including phenoxy) is 2. The Hall–Kier alpha value is -2.57. The molecule has 28 heavy (non-hydrogen) atoms. The molecule has 1 aliphatic rings. The Balaban J connectivity index is 1.37. The average molecular weight is 394 g/mol. The second kappa shape index (κ2) is 9.08. The normalized spacial score (nSPS) is 16.2. The van der Waals surface area contributed by atoms with Crippen molar-refractivity contribution in [2.45, 2.75) is 30.4 Å². The van der Waals surface area contributed by atoms with Gasteiger partial charge < -0.3 is 9.47 Å². The lowest BCUT2D eigenvalue weighted by Gasteiger charge is -2.11. The van der Waals surface area contributed by atoms with Crippen molar-refractivity contribution in [3.63, 3.8) is 0 Å². The molecule has 2 heterocycles. The molecule has 0 radical (unpaired) electrons. The van der Waals surface area contributed by atoms with Gasteiger partial charge in [0.1, 0.15) is 12.3 Å². The maximum Gasteiger partial charge on any atom is 0.339 e. The van der Waals surface area contributed by atoms with Gasteiger partial charge in [0.05, 0.1) is 17.4 Å². The van der Waals surface area contributed by atoms with Crippen LogP contribution in [0.3, 0.4) is 0 Å². The number of aromatic nitrogens is 2. The first-order valence-corrected chi connectivity index (χ1v) is 10.4. The zero-order valence-electron chi connectivity index (χ0n) is 15.5. The Labute approximate surface area is 168 Å². The number of carbonyl (C=O) groups excluding carboxylic acids is 1. The summed E-state index contributed by atoms with van der Waals surface area (Å²) < 4.78 is 13.0. The summed E-state index contributed by atoms with van der Waals surface area (Å²) >= 11 is 1.65. The smallest absolute Gasteiger partial charge is 0.339 e. The van der Waals surface area contributed by atoms with Gasteiger partial charge >= 0.3 is 5.97 Å². The molecule has 144 valence electrons. The first kappa shape index (κ1) is 18.8. The number of thioether (sulfide) groups is 1. The molecule has 5 nitrogen and oxygen atoms in total. The lowest BCUT2D eigenvalue weighted by atomic mass is 10.2. The van der Waals surface area contributed by atoms with E-state index in [1.54, 1.807) is 16.4 Å². The van der Waals surface area contributed by atoms with Gasteiger partial charge in [-0.25, -0.2) is 9.48 Å². The molecule has 1 unspecified atom stereocenters. The number of nitrogens with zero attached hydrogens (tertiary/aromatic N) is 2. The largest absolute Gasteiger partial charge is 0.455 e. The van der Waals surface area contributed by atoms with Gasteiger partial charge in [-0.2, -0.15) is 5.10 Å². The molecule has 2 aromatic carbocycles.